The zero-order valence-electron chi connectivity index (χ0n) is 12.2. The quantitative estimate of drug-likeness (QED) is 0.874. The van der Waals surface area contributed by atoms with Crippen molar-refractivity contribution in [3.05, 3.63) is 40.6 Å². The lowest BCUT2D eigenvalue weighted by Gasteiger charge is -2.24. The van der Waals surface area contributed by atoms with Gasteiger partial charge >= 0.3 is 0 Å². The number of thiophene rings is 1. The molecule has 0 bridgehead atoms. The fraction of sp³-hybridized carbons (Fsp3) is 0.533. The van der Waals surface area contributed by atoms with Gasteiger partial charge < -0.3 is 9.88 Å². The zero-order valence-corrected chi connectivity index (χ0v) is 13.0. The maximum absolute atomic E-state index is 4.23. The van der Waals surface area contributed by atoms with E-state index in [9.17, 15) is 0 Å². The van der Waals surface area contributed by atoms with Crippen molar-refractivity contribution in [3.63, 3.8) is 0 Å². The molecule has 2 aromatic heterocycles. The molecule has 3 nitrogen and oxygen atoms in total. The molecular formula is C15H23N3S. The first-order valence-corrected chi connectivity index (χ1v) is 7.64. The van der Waals surface area contributed by atoms with Crippen LogP contribution in [0, 0.1) is 0 Å². The molecule has 0 atom stereocenters. The van der Waals surface area contributed by atoms with Crippen LogP contribution in [-0.4, -0.2) is 16.1 Å². The van der Waals surface area contributed by atoms with Gasteiger partial charge in [-0.05, 0) is 25.3 Å². The average Bonchev–Trinajstić information content (AvgIpc) is 2.99. The Morgan fingerprint density at radius 1 is 1.42 bits per heavy atom. The smallest absolute Gasteiger partial charge is 0.0951 e. The highest BCUT2D eigenvalue weighted by Crippen LogP contribution is 2.26. The van der Waals surface area contributed by atoms with E-state index >= 15 is 0 Å². The van der Waals surface area contributed by atoms with Gasteiger partial charge in [-0.3, -0.25) is 0 Å². The number of nitrogens with zero attached hydrogens (tertiary/aromatic N) is 2. The monoisotopic (exact) mass is 277 g/mol. The lowest BCUT2D eigenvalue weighted by atomic mass is 9.91. The van der Waals surface area contributed by atoms with Gasteiger partial charge in [-0.2, -0.15) is 0 Å². The van der Waals surface area contributed by atoms with Crippen molar-refractivity contribution in [1.82, 2.24) is 14.9 Å². The summed E-state index contributed by atoms with van der Waals surface area (Å²) in [6.45, 7) is 10.8. The minimum Gasteiger partial charge on any atom is -0.331 e. The van der Waals surface area contributed by atoms with E-state index in [0.717, 1.165) is 13.1 Å². The van der Waals surface area contributed by atoms with Crippen LogP contribution in [0.25, 0.3) is 0 Å². The predicted octanol–water partition coefficient (Wildman–Crippen LogP) is 3.59. The molecule has 104 valence electrons. The molecule has 0 aliphatic carbocycles. The van der Waals surface area contributed by atoms with E-state index in [1.54, 1.807) is 0 Å². The number of imidazole rings is 1. The maximum atomic E-state index is 4.23. The van der Waals surface area contributed by atoms with E-state index in [2.05, 4.69) is 60.1 Å². The van der Waals surface area contributed by atoms with E-state index in [-0.39, 0.29) is 5.41 Å². The third kappa shape index (κ3) is 3.45. The van der Waals surface area contributed by atoms with Gasteiger partial charge in [0.15, 0.2) is 0 Å². The normalized spacial score (nSPS) is 12.3. The first-order valence-electron chi connectivity index (χ1n) is 6.76. The highest BCUT2D eigenvalue weighted by atomic mass is 32.1. The third-order valence-electron chi connectivity index (χ3n) is 3.36. The summed E-state index contributed by atoms with van der Waals surface area (Å²) in [5.74, 6) is 0. The summed E-state index contributed by atoms with van der Waals surface area (Å²) < 4.78 is 2.21. The van der Waals surface area contributed by atoms with Crippen LogP contribution in [0.15, 0.2) is 30.0 Å². The van der Waals surface area contributed by atoms with E-state index in [1.807, 2.05) is 23.9 Å². The first kappa shape index (κ1) is 14.3. The van der Waals surface area contributed by atoms with Crippen molar-refractivity contribution < 1.29 is 0 Å². The predicted molar refractivity (Wildman–Crippen MR) is 81.7 cm³/mol. The van der Waals surface area contributed by atoms with Crippen LogP contribution < -0.4 is 5.32 Å². The molecule has 0 radical (unpaired) electrons. The fourth-order valence-electron chi connectivity index (χ4n) is 2.19. The first-order chi connectivity index (χ1) is 9.00. The van der Waals surface area contributed by atoms with Crippen molar-refractivity contribution in [2.75, 3.05) is 6.54 Å². The molecule has 4 heteroatoms. The standard InChI is InChI=1S/C15H23N3S/c1-12(2)18-11-17-9-13(18)8-16-10-15(3,4)14-6-5-7-19-14/h5-7,9,11-12,16H,8,10H2,1-4H3. The molecule has 2 rings (SSSR count). The molecule has 2 aromatic rings. The molecule has 0 unspecified atom stereocenters. The molecular weight excluding hydrogens is 254 g/mol. The van der Waals surface area contributed by atoms with E-state index in [4.69, 9.17) is 0 Å². The third-order valence-corrected chi connectivity index (χ3v) is 4.60. The van der Waals surface area contributed by atoms with Crippen LogP contribution in [-0.2, 0) is 12.0 Å². The number of aromatic nitrogens is 2. The summed E-state index contributed by atoms with van der Waals surface area (Å²) in [6.07, 6.45) is 3.86. The molecule has 0 aliphatic heterocycles. The molecule has 0 aliphatic rings. The van der Waals surface area contributed by atoms with E-state index in [1.165, 1.54) is 10.6 Å². The van der Waals surface area contributed by atoms with Crippen LogP contribution in [0.1, 0.15) is 44.3 Å². The Balaban J connectivity index is 1.91. The summed E-state index contributed by atoms with van der Waals surface area (Å²) in [4.78, 5) is 5.66. The average molecular weight is 277 g/mol. The minimum atomic E-state index is 0.177. The van der Waals surface area contributed by atoms with Crippen molar-refractivity contribution in [2.45, 2.75) is 45.7 Å². The Labute approximate surface area is 119 Å². The SMILES string of the molecule is CC(C)n1cncc1CNCC(C)(C)c1cccs1. The Morgan fingerprint density at radius 2 is 2.21 bits per heavy atom. The Morgan fingerprint density at radius 3 is 2.84 bits per heavy atom. The molecule has 0 saturated heterocycles. The number of hydrogen-bond acceptors (Lipinski definition) is 3. The number of nitrogens with one attached hydrogen (secondary N) is 1. The number of rotatable bonds is 6. The molecule has 19 heavy (non-hydrogen) atoms. The van der Waals surface area contributed by atoms with Gasteiger partial charge in [0, 0.05) is 35.6 Å². The van der Waals surface area contributed by atoms with Gasteiger partial charge in [-0.1, -0.05) is 19.9 Å². The lowest BCUT2D eigenvalue weighted by molar-refractivity contribution is 0.464. The molecule has 0 aromatic carbocycles. The van der Waals surface area contributed by atoms with Crippen molar-refractivity contribution >= 4 is 11.3 Å². The van der Waals surface area contributed by atoms with Gasteiger partial charge in [-0.25, -0.2) is 4.98 Å². The van der Waals surface area contributed by atoms with Crippen LogP contribution in [0.2, 0.25) is 0 Å². The zero-order chi connectivity index (χ0) is 13.9. The van der Waals surface area contributed by atoms with Crippen LogP contribution in [0.4, 0.5) is 0 Å². The molecule has 1 N–H and O–H groups in total. The second-order valence-corrected chi connectivity index (χ2v) is 6.80. The highest BCUT2D eigenvalue weighted by molar-refractivity contribution is 7.10. The van der Waals surface area contributed by atoms with Crippen LogP contribution in [0.3, 0.4) is 0 Å². The van der Waals surface area contributed by atoms with Crippen molar-refractivity contribution in [2.24, 2.45) is 0 Å². The molecule has 0 fully saturated rings. The Hall–Kier alpha value is -1.13. The van der Waals surface area contributed by atoms with Gasteiger partial charge in [0.05, 0.1) is 12.0 Å². The topological polar surface area (TPSA) is 29.9 Å². The van der Waals surface area contributed by atoms with Crippen LogP contribution in [0.5, 0.6) is 0 Å². The fourth-order valence-corrected chi connectivity index (χ4v) is 3.04. The largest absolute Gasteiger partial charge is 0.331 e. The van der Waals surface area contributed by atoms with E-state index < -0.39 is 0 Å². The molecule has 0 spiro atoms. The van der Waals surface area contributed by atoms with Gasteiger partial charge in [0.1, 0.15) is 0 Å². The van der Waals surface area contributed by atoms with Crippen molar-refractivity contribution in [1.29, 1.82) is 0 Å². The summed E-state index contributed by atoms with van der Waals surface area (Å²) in [5, 5.41) is 5.70. The molecule has 0 saturated carbocycles. The summed E-state index contributed by atoms with van der Waals surface area (Å²) in [5.41, 5.74) is 1.42. The van der Waals surface area contributed by atoms with Gasteiger partial charge in [0.25, 0.3) is 0 Å². The second kappa shape index (κ2) is 5.88. The summed E-state index contributed by atoms with van der Waals surface area (Å²) >= 11 is 1.83. The van der Waals surface area contributed by atoms with Gasteiger partial charge in [-0.15, -0.1) is 11.3 Å². The summed E-state index contributed by atoms with van der Waals surface area (Å²) in [6, 6.07) is 4.80. The number of hydrogen-bond donors (Lipinski definition) is 1. The van der Waals surface area contributed by atoms with Gasteiger partial charge in [0.2, 0.25) is 0 Å². The molecule has 2 heterocycles. The lowest BCUT2D eigenvalue weighted by Crippen LogP contribution is -2.32. The molecule has 0 amide bonds. The maximum Gasteiger partial charge on any atom is 0.0951 e. The summed E-state index contributed by atoms with van der Waals surface area (Å²) in [7, 11) is 0. The van der Waals surface area contributed by atoms with Crippen molar-refractivity contribution in [3.8, 4) is 0 Å². The van der Waals surface area contributed by atoms with E-state index in [0.29, 0.717) is 6.04 Å². The highest BCUT2D eigenvalue weighted by Gasteiger charge is 2.21. The Kier molecular flexibility index (Phi) is 4.42. The second-order valence-electron chi connectivity index (χ2n) is 5.85. The van der Waals surface area contributed by atoms with Crippen LogP contribution >= 0.6 is 11.3 Å². The Bertz CT molecular complexity index is 497. The minimum absolute atomic E-state index is 0.177.